The lowest BCUT2D eigenvalue weighted by Gasteiger charge is -2.22. The number of nitrogens with zero attached hydrogens (tertiary/aromatic N) is 5. The Balaban J connectivity index is 2.19. The van der Waals surface area contributed by atoms with Crippen LogP contribution in [0.3, 0.4) is 0 Å². The zero-order chi connectivity index (χ0) is 29.3. The van der Waals surface area contributed by atoms with Gasteiger partial charge in [-0.3, -0.25) is 9.69 Å². The number of likely N-dealkylation sites (N-methyl/N-ethyl adjacent to an activating group) is 2. The Bertz CT molecular complexity index is 1410. The number of carbonyl (C=O) groups excluding carboxylic acids is 1. The Kier molecular flexibility index (Phi) is 8.50. The predicted octanol–water partition coefficient (Wildman–Crippen LogP) is 2.70. The Morgan fingerprint density at radius 3 is 2.38 bits per heavy atom. The minimum Gasteiger partial charge on any atom is -0.390 e. The van der Waals surface area contributed by atoms with Gasteiger partial charge >= 0.3 is 18.0 Å². The van der Waals surface area contributed by atoms with E-state index < -0.39 is 71.2 Å². The second-order valence-corrected chi connectivity index (χ2v) is 8.56. The quantitative estimate of drug-likeness (QED) is 0.408. The molecule has 1 unspecified atom stereocenters. The van der Waals surface area contributed by atoms with Crippen molar-refractivity contribution in [1.82, 2.24) is 24.6 Å². The van der Waals surface area contributed by atoms with E-state index in [-0.39, 0.29) is 24.1 Å². The summed E-state index contributed by atoms with van der Waals surface area (Å²) in [7, 11) is 2.65. The molecule has 0 aliphatic heterocycles. The van der Waals surface area contributed by atoms with Crippen LogP contribution in [0.2, 0.25) is 0 Å². The van der Waals surface area contributed by atoms with E-state index in [1.807, 2.05) is 0 Å². The number of pyridine rings is 1. The molecule has 1 atom stereocenters. The molecule has 16 heteroatoms. The number of nitrogens with one attached hydrogen (secondary N) is 1. The van der Waals surface area contributed by atoms with Gasteiger partial charge in [0.05, 0.1) is 41.6 Å². The molecule has 0 radical (unpaired) electrons. The number of hydrogen-bond acceptors (Lipinski definition) is 6. The van der Waals surface area contributed by atoms with Crippen molar-refractivity contribution < 1.29 is 40.6 Å². The third kappa shape index (κ3) is 6.62. The first-order valence-corrected chi connectivity index (χ1v) is 11.2. The summed E-state index contributed by atoms with van der Waals surface area (Å²) >= 11 is 0. The van der Waals surface area contributed by atoms with Gasteiger partial charge in [-0.15, -0.1) is 0 Å². The summed E-state index contributed by atoms with van der Waals surface area (Å²) in [5.74, 6) is -1.85. The molecule has 0 bridgehead atoms. The standard InChI is InChI=1S/C23H23F7N6O3/c1-12-17(24)4-5-19(33-12)34(3)20(38)8-15-16(23(28,29)30)6-13(22(25,26)27)7-18(15)35-11-32-36(21(35)39)10-14(37)9-31-2/h4-7,11,14,31,37H,8-10H2,1-3H3. The molecule has 0 fully saturated rings. The zero-order valence-corrected chi connectivity index (χ0v) is 20.7. The molecule has 2 heterocycles. The number of anilines is 1. The Hall–Kier alpha value is -3.79. The van der Waals surface area contributed by atoms with E-state index in [9.17, 15) is 45.4 Å². The van der Waals surface area contributed by atoms with Crippen molar-refractivity contribution in [3.05, 3.63) is 69.3 Å². The number of aryl methyl sites for hydroxylation is 1. The highest BCUT2D eigenvalue weighted by Gasteiger charge is 2.40. The van der Waals surface area contributed by atoms with Gasteiger partial charge in [-0.25, -0.2) is 23.4 Å². The lowest BCUT2D eigenvalue weighted by atomic mass is 9.97. The van der Waals surface area contributed by atoms with Gasteiger partial charge in [0.1, 0.15) is 18.0 Å². The summed E-state index contributed by atoms with van der Waals surface area (Å²) in [5.41, 5.74) is -6.54. The van der Waals surface area contributed by atoms with Gasteiger partial charge in [-0.1, -0.05) is 0 Å². The second-order valence-electron chi connectivity index (χ2n) is 8.56. The van der Waals surface area contributed by atoms with Gasteiger partial charge in [-0.05, 0) is 43.8 Å². The SMILES string of the molecule is CNCC(O)Cn1ncn(-c2cc(C(F)(F)F)cc(C(F)(F)F)c2CC(=O)N(C)c2ccc(F)c(C)n2)c1=O. The second kappa shape index (κ2) is 11.1. The topological polar surface area (TPSA) is 105 Å². The molecule has 0 aliphatic rings. The molecule has 2 aromatic heterocycles. The third-order valence-corrected chi connectivity index (χ3v) is 5.73. The van der Waals surface area contributed by atoms with Crippen LogP contribution in [0.15, 0.2) is 35.4 Å². The van der Waals surface area contributed by atoms with Crippen molar-refractivity contribution >= 4 is 11.7 Å². The van der Waals surface area contributed by atoms with E-state index in [4.69, 9.17) is 0 Å². The molecule has 0 saturated heterocycles. The maximum absolute atomic E-state index is 14.1. The fraction of sp³-hybridized carbons (Fsp3) is 0.391. The van der Waals surface area contributed by atoms with Crippen LogP contribution in [0, 0.1) is 12.7 Å². The van der Waals surface area contributed by atoms with Crippen LogP contribution in [-0.4, -0.2) is 57.1 Å². The molecular formula is C23H23F7N6O3. The highest BCUT2D eigenvalue weighted by Crippen LogP contribution is 2.40. The van der Waals surface area contributed by atoms with Gasteiger partial charge in [0.2, 0.25) is 5.91 Å². The highest BCUT2D eigenvalue weighted by atomic mass is 19.4. The average molecular weight is 564 g/mol. The van der Waals surface area contributed by atoms with Crippen LogP contribution in [0.1, 0.15) is 22.4 Å². The monoisotopic (exact) mass is 564 g/mol. The Labute approximate surface area is 216 Å². The lowest BCUT2D eigenvalue weighted by molar-refractivity contribution is -0.143. The normalized spacial score (nSPS) is 13.0. The number of aromatic nitrogens is 4. The van der Waals surface area contributed by atoms with E-state index in [0.29, 0.717) is 21.6 Å². The molecule has 9 nitrogen and oxygen atoms in total. The maximum Gasteiger partial charge on any atom is 0.416 e. The molecular weight excluding hydrogens is 541 g/mol. The van der Waals surface area contributed by atoms with E-state index in [1.54, 1.807) is 0 Å². The summed E-state index contributed by atoms with van der Waals surface area (Å²) in [4.78, 5) is 30.6. The molecule has 1 amide bonds. The molecule has 39 heavy (non-hydrogen) atoms. The van der Waals surface area contributed by atoms with Crippen LogP contribution in [-0.2, 0) is 30.1 Å². The number of aliphatic hydroxyl groups is 1. The van der Waals surface area contributed by atoms with Crippen LogP contribution in [0.4, 0.5) is 36.6 Å². The van der Waals surface area contributed by atoms with Crippen LogP contribution in [0.5, 0.6) is 0 Å². The van der Waals surface area contributed by atoms with Crippen molar-refractivity contribution in [1.29, 1.82) is 0 Å². The average Bonchev–Trinajstić information content (AvgIpc) is 3.18. The summed E-state index contributed by atoms with van der Waals surface area (Å²) < 4.78 is 97.7. The Morgan fingerprint density at radius 1 is 1.15 bits per heavy atom. The van der Waals surface area contributed by atoms with E-state index in [0.717, 1.165) is 24.1 Å². The number of carbonyl (C=O) groups is 1. The first-order chi connectivity index (χ1) is 18.0. The summed E-state index contributed by atoms with van der Waals surface area (Å²) in [6.45, 7) is 0.902. The van der Waals surface area contributed by atoms with Gasteiger partial charge in [0.25, 0.3) is 0 Å². The fourth-order valence-electron chi connectivity index (χ4n) is 3.72. The molecule has 3 aromatic rings. The molecule has 1 aromatic carbocycles. The first kappa shape index (κ1) is 29.8. The van der Waals surface area contributed by atoms with Crippen LogP contribution >= 0.6 is 0 Å². The van der Waals surface area contributed by atoms with Crippen molar-refractivity contribution in [2.24, 2.45) is 0 Å². The summed E-state index contributed by atoms with van der Waals surface area (Å²) in [5, 5.41) is 16.3. The van der Waals surface area contributed by atoms with Crippen LogP contribution in [0.25, 0.3) is 5.69 Å². The van der Waals surface area contributed by atoms with E-state index in [1.165, 1.54) is 14.0 Å². The number of aliphatic hydroxyl groups excluding tert-OH is 1. The van der Waals surface area contributed by atoms with Gasteiger partial charge < -0.3 is 10.4 Å². The maximum atomic E-state index is 14.1. The largest absolute Gasteiger partial charge is 0.416 e. The number of hydrogen-bond donors (Lipinski definition) is 2. The first-order valence-electron chi connectivity index (χ1n) is 11.2. The number of benzene rings is 1. The fourth-order valence-corrected chi connectivity index (χ4v) is 3.72. The number of halogens is 7. The number of amides is 1. The van der Waals surface area contributed by atoms with Gasteiger partial charge in [0, 0.05) is 13.6 Å². The molecule has 0 spiro atoms. The van der Waals surface area contributed by atoms with E-state index >= 15 is 0 Å². The summed E-state index contributed by atoms with van der Waals surface area (Å²) in [6.07, 6.45) is -12.1. The predicted molar refractivity (Wildman–Crippen MR) is 124 cm³/mol. The Morgan fingerprint density at radius 2 is 1.82 bits per heavy atom. The molecule has 0 aliphatic carbocycles. The number of alkyl halides is 6. The molecule has 2 N–H and O–H groups in total. The van der Waals surface area contributed by atoms with Gasteiger partial charge in [0.15, 0.2) is 0 Å². The minimum absolute atomic E-state index is 0.0179. The lowest BCUT2D eigenvalue weighted by Crippen LogP contribution is -2.34. The smallest absolute Gasteiger partial charge is 0.390 e. The van der Waals surface area contributed by atoms with Gasteiger partial charge in [-0.2, -0.15) is 31.4 Å². The minimum atomic E-state index is -5.35. The molecule has 3 rings (SSSR count). The summed E-state index contributed by atoms with van der Waals surface area (Å²) in [6, 6.07) is 2.26. The highest BCUT2D eigenvalue weighted by molar-refractivity contribution is 5.94. The van der Waals surface area contributed by atoms with Crippen molar-refractivity contribution in [2.45, 2.75) is 38.3 Å². The van der Waals surface area contributed by atoms with Crippen molar-refractivity contribution in [3.63, 3.8) is 0 Å². The van der Waals surface area contributed by atoms with Crippen molar-refractivity contribution in [3.8, 4) is 5.69 Å². The third-order valence-electron chi connectivity index (χ3n) is 5.73. The van der Waals surface area contributed by atoms with E-state index in [2.05, 4.69) is 15.4 Å². The molecule has 212 valence electrons. The number of rotatable bonds is 8. The van der Waals surface area contributed by atoms with Crippen molar-refractivity contribution in [2.75, 3.05) is 25.5 Å². The molecule has 0 saturated carbocycles. The zero-order valence-electron chi connectivity index (χ0n) is 20.7. The van der Waals surface area contributed by atoms with Crippen LogP contribution < -0.4 is 15.9 Å².